The average molecular weight is 203 g/mol. The lowest BCUT2D eigenvalue weighted by Gasteiger charge is -2.06. The molecule has 0 fully saturated rings. The van der Waals surface area contributed by atoms with Gasteiger partial charge in [-0.15, -0.1) is 0 Å². The molecule has 0 aliphatic rings. The van der Waals surface area contributed by atoms with Crippen LogP contribution in [0.2, 0.25) is 0 Å². The van der Waals surface area contributed by atoms with Crippen molar-refractivity contribution in [3.63, 3.8) is 0 Å². The summed E-state index contributed by atoms with van der Waals surface area (Å²) in [4.78, 5) is 10.9. The van der Waals surface area contributed by atoms with Crippen LogP contribution in [0, 0.1) is 0 Å². The van der Waals surface area contributed by atoms with E-state index in [0.29, 0.717) is 11.5 Å². The Morgan fingerprint density at radius 3 is 2.67 bits per heavy atom. The Balaban J connectivity index is 2.63. The molecule has 0 bridgehead atoms. The van der Waals surface area contributed by atoms with Crippen LogP contribution < -0.4 is 5.73 Å². The molecular weight excluding hydrogens is 194 g/mol. The highest BCUT2D eigenvalue weighted by atomic mass is 16.4. The molecule has 1 heterocycles. The van der Waals surface area contributed by atoms with E-state index in [2.05, 4.69) is 5.10 Å². The monoisotopic (exact) mass is 203 g/mol. The van der Waals surface area contributed by atoms with E-state index in [1.54, 1.807) is 24.3 Å². The Morgan fingerprint density at radius 2 is 2.07 bits per heavy atom. The first-order valence-electron chi connectivity index (χ1n) is 4.32. The Labute approximate surface area is 85.8 Å². The molecule has 2 aromatic rings. The van der Waals surface area contributed by atoms with Crippen LogP contribution in [-0.4, -0.2) is 20.9 Å². The highest BCUT2D eigenvalue weighted by Crippen LogP contribution is 2.16. The lowest BCUT2D eigenvalue weighted by molar-refractivity contribution is 0.0697. The molecule has 0 aliphatic carbocycles. The molecule has 0 amide bonds. The number of carboxylic acid groups (broad SMARTS) is 1. The van der Waals surface area contributed by atoms with Crippen LogP contribution in [0.3, 0.4) is 0 Å². The second-order valence-corrected chi connectivity index (χ2v) is 2.99. The maximum absolute atomic E-state index is 10.9. The minimum Gasteiger partial charge on any atom is -0.478 e. The van der Waals surface area contributed by atoms with Gasteiger partial charge in [0.25, 0.3) is 0 Å². The zero-order chi connectivity index (χ0) is 10.8. The van der Waals surface area contributed by atoms with Crippen LogP contribution >= 0.6 is 0 Å². The Kier molecular flexibility index (Phi) is 2.13. The highest BCUT2D eigenvalue weighted by Gasteiger charge is 2.12. The fourth-order valence-electron chi connectivity index (χ4n) is 1.35. The number of nitrogen functional groups attached to an aromatic ring is 1. The molecule has 5 heteroatoms. The van der Waals surface area contributed by atoms with Crippen molar-refractivity contribution in [3.05, 3.63) is 42.1 Å². The van der Waals surface area contributed by atoms with Crippen LogP contribution in [0.15, 0.2) is 36.5 Å². The minimum absolute atomic E-state index is 0.174. The Morgan fingerprint density at radius 1 is 1.33 bits per heavy atom. The topological polar surface area (TPSA) is 81.1 Å². The number of anilines is 1. The molecule has 1 aromatic heterocycles. The van der Waals surface area contributed by atoms with Crippen molar-refractivity contribution in [3.8, 4) is 5.69 Å². The molecule has 0 atom stereocenters. The van der Waals surface area contributed by atoms with Gasteiger partial charge in [0, 0.05) is 6.07 Å². The van der Waals surface area contributed by atoms with E-state index in [-0.39, 0.29) is 5.56 Å². The van der Waals surface area contributed by atoms with E-state index in [1.807, 2.05) is 0 Å². The van der Waals surface area contributed by atoms with Gasteiger partial charge in [0.05, 0.1) is 17.4 Å². The average Bonchev–Trinajstić information content (AvgIpc) is 2.64. The Hall–Kier alpha value is -2.30. The molecule has 1 aromatic carbocycles. The van der Waals surface area contributed by atoms with Gasteiger partial charge in [-0.3, -0.25) is 0 Å². The highest BCUT2D eigenvalue weighted by molar-refractivity contribution is 5.92. The largest absolute Gasteiger partial charge is 0.478 e. The van der Waals surface area contributed by atoms with E-state index in [4.69, 9.17) is 10.8 Å². The van der Waals surface area contributed by atoms with Gasteiger partial charge in [0.2, 0.25) is 0 Å². The van der Waals surface area contributed by atoms with E-state index in [1.165, 1.54) is 16.9 Å². The third-order valence-electron chi connectivity index (χ3n) is 2.03. The number of rotatable bonds is 2. The van der Waals surface area contributed by atoms with Gasteiger partial charge in [-0.1, -0.05) is 12.1 Å². The van der Waals surface area contributed by atoms with Gasteiger partial charge in [-0.05, 0) is 12.1 Å². The van der Waals surface area contributed by atoms with Gasteiger partial charge in [0.15, 0.2) is 0 Å². The minimum atomic E-state index is -1.000. The van der Waals surface area contributed by atoms with Crippen molar-refractivity contribution < 1.29 is 9.90 Å². The van der Waals surface area contributed by atoms with Crippen LogP contribution in [0.25, 0.3) is 5.69 Å². The first-order chi connectivity index (χ1) is 7.20. The molecule has 15 heavy (non-hydrogen) atoms. The van der Waals surface area contributed by atoms with Crippen molar-refractivity contribution in [1.82, 2.24) is 9.78 Å². The normalized spacial score (nSPS) is 10.1. The molecule has 2 rings (SSSR count). The first-order valence-corrected chi connectivity index (χ1v) is 4.32. The molecule has 0 spiro atoms. The molecule has 3 N–H and O–H groups in total. The van der Waals surface area contributed by atoms with E-state index in [9.17, 15) is 4.79 Å². The maximum Gasteiger partial charge on any atom is 0.337 e. The number of nitrogens with zero attached hydrogens (tertiary/aromatic N) is 2. The second-order valence-electron chi connectivity index (χ2n) is 2.99. The van der Waals surface area contributed by atoms with Crippen molar-refractivity contribution in [2.75, 3.05) is 5.73 Å². The summed E-state index contributed by atoms with van der Waals surface area (Å²) in [6.07, 6.45) is 1.52. The third kappa shape index (κ3) is 1.54. The number of carbonyl (C=O) groups is 1. The third-order valence-corrected chi connectivity index (χ3v) is 2.03. The number of aromatic nitrogens is 2. The number of carboxylic acids is 1. The predicted molar refractivity (Wildman–Crippen MR) is 54.9 cm³/mol. The fourth-order valence-corrected chi connectivity index (χ4v) is 1.35. The molecule has 0 unspecified atom stereocenters. The van der Waals surface area contributed by atoms with Gasteiger partial charge in [-0.25, -0.2) is 9.48 Å². The van der Waals surface area contributed by atoms with Crippen molar-refractivity contribution >= 4 is 11.8 Å². The van der Waals surface area contributed by atoms with Crippen molar-refractivity contribution in [2.24, 2.45) is 0 Å². The lowest BCUT2D eigenvalue weighted by atomic mass is 10.2. The quantitative estimate of drug-likeness (QED) is 0.767. The van der Waals surface area contributed by atoms with Crippen LogP contribution in [-0.2, 0) is 0 Å². The van der Waals surface area contributed by atoms with Crippen LogP contribution in [0.1, 0.15) is 10.4 Å². The van der Waals surface area contributed by atoms with E-state index < -0.39 is 5.97 Å². The lowest BCUT2D eigenvalue weighted by Crippen LogP contribution is -2.08. The number of nitrogens with two attached hydrogens (primary N) is 1. The molecular formula is C10H9N3O2. The van der Waals surface area contributed by atoms with Crippen molar-refractivity contribution in [1.29, 1.82) is 0 Å². The molecule has 0 saturated carbocycles. The number of aromatic carboxylic acids is 1. The van der Waals surface area contributed by atoms with Gasteiger partial charge < -0.3 is 10.8 Å². The maximum atomic E-state index is 10.9. The number of para-hydroxylation sites is 1. The summed E-state index contributed by atoms with van der Waals surface area (Å²) in [5.41, 5.74) is 6.29. The first kappa shape index (κ1) is 9.26. The smallest absolute Gasteiger partial charge is 0.337 e. The fraction of sp³-hybridized carbons (Fsp3) is 0. The van der Waals surface area contributed by atoms with Crippen molar-refractivity contribution in [2.45, 2.75) is 0 Å². The predicted octanol–water partition coefficient (Wildman–Crippen LogP) is 1.15. The standard InChI is InChI=1S/C10H9N3O2/c11-9-5-6-12-13(9)8-4-2-1-3-7(8)10(14)15/h1-6H,11H2,(H,14,15). The molecule has 5 nitrogen and oxygen atoms in total. The number of hydrogen-bond donors (Lipinski definition) is 2. The SMILES string of the molecule is Nc1ccnn1-c1ccccc1C(=O)O. The summed E-state index contributed by atoms with van der Waals surface area (Å²) in [7, 11) is 0. The summed E-state index contributed by atoms with van der Waals surface area (Å²) >= 11 is 0. The van der Waals surface area contributed by atoms with E-state index >= 15 is 0 Å². The number of benzene rings is 1. The number of hydrogen-bond acceptors (Lipinski definition) is 3. The summed E-state index contributed by atoms with van der Waals surface area (Å²) in [5.74, 6) is -0.593. The van der Waals surface area contributed by atoms with Gasteiger partial charge >= 0.3 is 5.97 Å². The van der Waals surface area contributed by atoms with Gasteiger partial charge in [0.1, 0.15) is 5.82 Å². The summed E-state index contributed by atoms with van der Waals surface area (Å²) in [6.45, 7) is 0. The molecule has 0 radical (unpaired) electrons. The summed E-state index contributed by atoms with van der Waals surface area (Å²) < 4.78 is 1.39. The summed E-state index contributed by atoms with van der Waals surface area (Å²) in [6, 6.07) is 8.18. The Bertz CT molecular complexity index is 505. The van der Waals surface area contributed by atoms with Crippen LogP contribution in [0.5, 0.6) is 0 Å². The molecule has 0 aliphatic heterocycles. The van der Waals surface area contributed by atoms with E-state index in [0.717, 1.165) is 0 Å². The molecule has 0 saturated heterocycles. The zero-order valence-electron chi connectivity index (χ0n) is 7.79. The molecule has 76 valence electrons. The summed E-state index contributed by atoms with van der Waals surface area (Å²) in [5, 5.41) is 12.9. The van der Waals surface area contributed by atoms with Gasteiger partial charge in [-0.2, -0.15) is 5.10 Å². The zero-order valence-corrected chi connectivity index (χ0v) is 7.79. The van der Waals surface area contributed by atoms with Crippen LogP contribution in [0.4, 0.5) is 5.82 Å². The second kappa shape index (κ2) is 3.45.